The van der Waals surface area contributed by atoms with Crippen LogP contribution < -0.4 is 0 Å². The van der Waals surface area contributed by atoms with Crippen LogP contribution in [-0.2, 0) is 9.53 Å². The van der Waals surface area contributed by atoms with Crippen molar-refractivity contribution < 1.29 is 9.53 Å². The maximum absolute atomic E-state index is 12.9. The molecule has 0 N–H and O–H groups in total. The minimum atomic E-state index is -0.164. The van der Waals surface area contributed by atoms with Gasteiger partial charge in [0.25, 0.3) is 0 Å². The number of rotatable bonds is 11. The van der Waals surface area contributed by atoms with Crippen molar-refractivity contribution in [3.05, 3.63) is 0 Å². The summed E-state index contributed by atoms with van der Waals surface area (Å²) in [5.41, 5.74) is -0.164. The molecule has 0 aromatic rings. The molecule has 3 fully saturated rings. The van der Waals surface area contributed by atoms with Crippen LogP contribution in [0.15, 0.2) is 0 Å². The van der Waals surface area contributed by atoms with Crippen LogP contribution >= 0.6 is 0 Å². The Morgan fingerprint density at radius 3 is 1.78 bits per heavy atom. The van der Waals surface area contributed by atoms with Crippen molar-refractivity contribution in [3.8, 4) is 0 Å². The summed E-state index contributed by atoms with van der Waals surface area (Å²) in [7, 11) is 1.62. The molecular formula is C30H54O2. The summed E-state index contributed by atoms with van der Waals surface area (Å²) in [6.07, 6.45) is 26.9. The number of carbonyl (C=O) groups is 1. The number of hydrogen-bond acceptors (Lipinski definition) is 2. The summed E-state index contributed by atoms with van der Waals surface area (Å²) in [6, 6.07) is 0. The van der Waals surface area contributed by atoms with Crippen molar-refractivity contribution in [1.82, 2.24) is 0 Å². The zero-order chi connectivity index (χ0) is 22.8. The van der Waals surface area contributed by atoms with E-state index in [1.165, 1.54) is 109 Å². The van der Waals surface area contributed by atoms with Gasteiger partial charge >= 0.3 is 5.97 Å². The highest BCUT2D eigenvalue weighted by Gasteiger charge is 2.44. The second-order valence-corrected chi connectivity index (χ2v) is 12.1. The van der Waals surface area contributed by atoms with Gasteiger partial charge in [-0.1, -0.05) is 90.9 Å². The van der Waals surface area contributed by atoms with Crippen LogP contribution in [0.2, 0.25) is 0 Å². The molecule has 0 saturated heterocycles. The van der Waals surface area contributed by atoms with Crippen molar-refractivity contribution >= 4 is 5.97 Å². The summed E-state index contributed by atoms with van der Waals surface area (Å²) >= 11 is 0. The average Bonchev–Trinajstić information content (AvgIpc) is 2.84. The first-order valence-corrected chi connectivity index (χ1v) is 14.7. The molecular weight excluding hydrogens is 392 g/mol. The van der Waals surface area contributed by atoms with Crippen LogP contribution in [0.3, 0.4) is 0 Å². The number of carbonyl (C=O) groups excluding carboxylic acids is 1. The van der Waals surface area contributed by atoms with E-state index in [0.717, 1.165) is 48.9 Å². The van der Waals surface area contributed by atoms with E-state index in [2.05, 4.69) is 13.8 Å². The van der Waals surface area contributed by atoms with Crippen molar-refractivity contribution in [2.24, 2.45) is 35.0 Å². The second kappa shape index (κ2) is 13.4. The van der Waals surface area contributed by atoms with Crippen LogP contribution in [-0.4, -0.2) is 13.1 Å². The van der Waals surface area contributed by atoms with E-state index in [4.69, 9.17) is 4.74 Å². The van der Waals surface area contributed by atoms with Gasteiger partial charge in [0, 0.05) is 0 Å². The van der Waals surface area contributed by atoms with Gasteiger partial charge in [0.2, 0.25) is 0 Å². The third kappa shape index (κ3) is 7.23. The van der Waals surface area contributed by atoms with Crippen LogP contribution in [0.25, 0.3) is 0 Å². The highest BCUT2D eigenvalue weighted by atomic mass is 16.5. The highest BCUT2D eigenvalue weighted by molar-refractivity contribution is 5.76. The molecule has 0 aromatic carbocycles. The Bertz CT molecular complexity index is 517. The summed E-state index contributed by atoms with van der Waals surface area (Å²) in [4.78, 5) is 12.9. The maximum Gasteiger partial charge on any atom is 0.311 e. The lowest BCUT2D eigenvalue weighted by Crippen LogP contribution is -2.39. The fourth-order valence-electron chi connectivity index (χ4n) is 7.77. The van der Waals surface area contributed by atoms with Gasteiger partial charge in [-0.3, -0.25) is 4.79 Å². The quantitative estimate of drug-likeness (QED) is 0.233. The van der Waals surface area contributed by atoms with Gasteiger partial charge in [-0.05, 0) is 81.0 Å². The molecule has 3 saturated carbocycles. The van der Waals surface area contributed by atoms with Crippen LogP contribution in [0.1, 0.15) is 142 Å². The largest absolute Gasteiger partial charge is 0.469 e. The van der Waals surface area contributed by atoms with Gasteiger partial charge in [0.15, 0.2) is 0 Å². The van der Waals surface area contributed by atoms with Crippen LogP contribution in [0.5, 0.6) is 0 Å². The Kier molecular flexibility index (Phi) is 10.9. The average molecular weight is 447 g/mol. The predicted octanol–water partition coefficient (Wildman–Crippen LogP) is 9.11. The van der Waals surface area contributed by atoms with Crippen molar-refractivity contribution in [3.63, 3.8) is 0 Å². The van der Waals surface area contributed by atoms with E-state index in [9.17, 15) is 4.79 Å². The van der Waals surface area contributed by atoms with E-state index in [1.54, 1.807) is 7.11 Å². The molecule has 32 heavy (non-hydrogen) atoms. The first-order valence-electron chi connectivity index (χ1n) is 14.7. The van der Waals surface area contributed by atoms with E-state index in [0.29, 0.717) is 0 Å². The van der Waals surface area contributed by atoms with Crippen molar-refractivity contribution in [1.29, 1.82) is 0 Å². The molecule has 0 bridgehead atoms. The molecule has 0 aliphatic heterocycles. The van der Waals surface area contributed by atoms with Gasteiger partial charge in [-0.25, -0.2) is 0 Å². The minimum absolute atomic E-state index is 0.107. The summed E-state index contributed by atoms with van der Waals surface area (Å²) < 4.78 is 5.38. The molecule has 2 heteroatoms. The van der Waals surface area contributed by atoms with Crippen molar-refractivity contribution in [2.75, 3.05) is 7.11 Å². The van der Waals surface area contributed by atoms with Gasteiger partial charge in [0.05, 0.1) is 12.5 Å². The van der Waals surface area contributed by atoms with Gasteiger partial charge < -0.3 is 4.74 Å². The first kappa shape index (κ1) is 26.1. The molecule has 3 aliphatic carbocycles. The smallest absolute Gasteiger partial charge is 0.311 e. The lowest BCUT2D eigenvalue weighted by molar-refractivity contribution is -0.157. The molecule has 0 unspecified atom stereocenters. The Morgan fingerprint density at radius 1 is 0.688 bits per heavy atom. The van der Waals surface area contributed by atoms with Crippen LogP contribution in [0.4, 0.5) is 0 Å². The SMILES string of the molecule is CCCCCC1CCC(C2CCC(CC[C@H]3CC[C@H](CCC)CC3)(C(=O)OC)CC2)CC1. The zero-order valence-corrected chi connectivity index (χ0v) is 21.8. The Hall–Kier alpha value is -0.530. The fraction of sp³-hybridized carbons (Fsp3) is 0.967. The summed E-state index contributed by atoms with van der Waals surface area (Å²) in [5, 5.41) is 0. The molecule has 0 amide bonds. The molecule has 3 rings (SSSR count). The normalized spacial score (nSPS) is 36.0. The molecule has 2 nitrogen and oxygen atoms in total. The standard InChI is InChI=1S/C30H54O2/c1-4-6-7-9-25-14-16-27(17-15-25)28-19-22-30(23-20-28,29(31)32-3)21-18-26-12-10-24(8-5-2)11-13-26/h24-28H,4-23H2,1-3H3/t24-,25?,26-,27?,28?,30?. The van der Waals surface area contributed by atoms with Gasteiger partial charge in [-0.2, -0.15) is 0 Å². The molecule has 0 atom stereocenters. The summed E-state index contributed by atoms with van der Waals surface area (Å²) in [6.45, 7) is 4.63. The lowest BCUT2D eigenvalue weighted by atomic mass is 9.62. The van der Waals surface area contributed by atoms with Crippen molar-refractivity contribution in [2.45, 2.75) is 142 Å². The first-order chi connectivity index (χ1) is 15.6. The maximum atomic E-state index is 12.9. The van der Waals surface area contributed by atoms with E-state index < -0.39 is 0 Å². The predicted molar refractivity (Wildman–Crippen MR) is 136 cm³/mol. The molecule has 0 radical (unpaired) electrons. The van der Waals surface area contributed by atoms with Gasteiger partial charge in [0.1, 0.15) is 0 Å². The molecule has 0 aromatic heterocycles. The second-order valence-electron chi connectivity index (χ2n) is 12.1. The summed E-state index contributed by atoms with van der Waals surface area (Å²) in [5.74, 6) is 4.74. The molecule has 0 heterocycles. The number of methoxy groups -OCH3 is 1. The fourth-order valence-corrected chi connectivity index (χ4v) is 7.77. The zero-order valence-electron chi connectivity index (χ0n) is 21.8. The van der Waals surface area contributed by atoms with Crippen LogP contribution in [0, 0.1) is 35.0 Å². The third-order valence-corrected chi connectivity index (χ3v) is 10.1. The Balaban J connectivity index is 1.43. The third-order valence-electron chi connectivity index (χ3n) is 10.1. The molecule has 186 valence electrons. The Labute approximate surface area is 200 Å². The van der Waals surface area contributed by atoms with E-state index >= 15 is 0 Å². The van der Waals surface area contributed by atoms with E-state index in [1.807, 2.05) is 0 Å². The molecule has 0 spiro atoms. The number of unbranched alkanes of at least 4 members (excludes halogenated alkanes) is 2. The monoisotopic (exact) mass is 446 g/mol. The van der Waals surface area contributed by atoms with Gasteiger partial charge in [-0.15, -0.1) is 0 Å². The highest BCUT2D eigenvalue weighted by Crippen LogP contribution is 2.49. The minimum Gasteiger partial charge on any atom is -0.469 e. The lowest BCUT2D eigenvalue weighted by Gasteiger charge is -2.43. The number of esters is 1. The number of ether oxygens (including phenoxy) is 1. The topological polar surface area (TPSA) is 26.3 Å². The number of hydrogen-bond donors (Lipinski definition) is 0. The Morgan fingerprint density at radius 2 is 1.22 bits per heavy atom. The van der Waals surface area contributed by atoms with E-state index in [-0.39, 0.29) is 11.4 Å². The molecule has 3 aliphatic rings.